The van der Waals surface area contributed by atoms with Gasteiger partial charge < -0.3 is 13.7 Å². The smallest absolute Gasteiger partial charge is 0.137 e. The lowest BCUT2D eigenvalue weighted by Gasteiger charge is -2.27. The summed E-state index contributed by atoms with van der Waals surface area (Å²) < 4.78 is 8.91. The highest BCUT2D eigenvalue weighted by atomic mass is 16.3. The van der Waals surface area contributed by atoms with Gasteiger partial charge in [0, 0.05) is 43.9 Å². The number of benzene rings is 9. The van der Waals surface area contributed by atoms with E-state index in [1.807, 2.05) is 6.07 Å². The Kier molecular flexibility index (Phi) is 6.50. The summed E-state index contributed by atoms with van der Waals surface area (Å²) in [7, 11) is 0. The fourth-order valence-corrected chi connectivity index (χ4v) is 10.0. The molecule has 0 bridgehead atoms. The molecule has 3 heterocycles. The van der Waals surface area contributed by atoms with Gasteiger partial charge in [-0.1, -0.05) is 146 Å². The van der Waals surface area contributed by atoms with Gasteiger partial charge in [0.05, 0.1) is 27.6 Å². The van der Waals surface area contributed by atoms with Crippen molar-refractivity contribution in [3.8, 4) is 33.4 Å². The minimum atomic E-state index is 0.873. The largest absolute Gasteiger partial charge is 0.456 e. The monoisotopic (exact) mass is 738 g/mol. The van der Waals surface area contributed by atoms with Gasteiger partial charge in [-0.05, 0) is 93.9 Å². The number of para-hydroxylation sites is 4. The first-order valence-corrected chi connectivity index (χ1v) is 20.1. The van der Waals surface area contributed by atoms with Crippen molar-refractivity contribution in [2.75, 3.05) is 4.90 Å². The van der Waals surface area contributed by atoms with E-state index in [4.69, 9.17) is 4.42 Å². The van der Waals surface area contributed by atoms with E-state index < -0.39 is 0 Å². The van der Waals surface area contributed by atoms with Crippen LogP contribution in [-0.4, -0.2) is 4.40 Å². The third-order valence-corrected chi connectivity index (χ3v) is 12.5. The molecule has 0 saturated heterocycles. The maximum absolute atomic E-state index is 6.41. The van der Waals surface area contributed by atoms with Crippen molar-refractivity contribution in [1.82, 2.24) is 4.40 Å². The van der Waals surface area contributed by atoms with Crippen LogP contribution in [0.4, 0.5) is 17.1 Å². The summed E-state index contributed by atoms with van der Waals surface area (Å²) in [6.45, 7) is 0. The molecule has 0 N–H and O–H groups in total. The van der Waals surface area contributed by atoms with Crippen molar-refractivity contribution in [2.24, 2.45) is 0 Å². The maximum Gasteiger partial charge on any atom is 0.137 e. The summed E-state index contributed by atoms with van der Waals surface area (Å²) in [5.74, 6) is 0. The Morgan fingerprint density at radius 1 is 0.397 bits per heavy atom. The second-order valence-electron chi connectivity index (χ2n) is 15.6. The number of aromatic nitrogens is 1. The summed E-state index contributed by atoms with van der Waals surface area (Å²) in [6, 6.07) is 70.8. The number of nitrogens with zero attached hydrogens (tertiary/aromatic N) is 2. The molecule has 58 heavy (non-hydrogen) atoms. The van der Waals surface area contributed by atoms with Gasteiger partial charge in [-0.2, -0.15) is 0 Å². The topological polar surface area (TPSA) is 20.8 Å². The van der Waals surface area contributed by atoms with Crippen LogP contribution in [0, 0.1) is 0 Å². The summed E-state index contributed by atoms with van der Waals surface area (Å²) >= 11 is 0. The first kappa shape index (κ1) is 31.6. The standard InChI is InChI=1S/C55H34N2O/c1-2-11-34(12-3-1)35-23-26-39(27-24-35)56(50-20-10-22-52-53(50)48-14-5-7-21-51(48)58-52)40-28-30-42-38(33-40)32-37-31-36(25-29-41(37)42)43-15-8-17-46-47-18-9-16-45-44-13-4-6-19-49(44)57(54(43)46)55(45)47/h1-31,33H,32H2. The number of hydrogen-bond acceptors (Lipinski definition) is 2. The van der Waals surface area contributed by atoms with Gasteiger partial charge in [-0.25, -0.2) is 0 Å². The van der Waals surface area contributed by atoms with E-state index in [1.54, 1.807) is 0 Å². The molecule has 0 saturated carbocycles. The molecule has 0 aliphatic heterocycles. The Hall–Kier alpha value is -7.62. The van der Waals surface area contributed by atoms with Gasteiger partial charge in [-0.15, -0.1) is 0 Å². The van der Waals surface area contributed by atoms with Gasteiger partial charge in [0.1, 0.15) is 11.2 Å². The Morgan fingerprint density at radius 2 is 1.00 bits per heavy atom. The first-order chi connectivity index (χ1) is 28.8. The lowest BCUT2D eigenvalue weighted by molar-refractivity contribution is 0.669. The number of hydrogen-bond donors (Lipinski definition) is 0. The van der Waals surface area contributed by atoms with E-state index in [0.29, 0.717) is 0 Å². The van der Waals surface area contributed by atoms with Crippen LogP contribution in [0.25, 0.3) is 93.4 Å². The van der Waals surface area contributed by atoms with E-state index in [-0.39, 0.29) is 0 Å². The molecule has 0 amide bonds. The van der Waals surface area contributed by atoms with Crippen LogP contribution in [0.15, 0.2) is 199 Å². The average Bonchev–Trinajstić information content (AvgIpc) is 4.04. The lowest BCUT2D eigenvalue weighted by Crippen LogP contribution is -2.10. The zero-order chi connectivity index (χ0) is 37.9. The summed E-state index contributed by atoms with van der Waals surface area (Å²) in [5, 5.41) is 7.46. The van der Waals surface area contributed by atoms with Gasteiger partial charge in [0.15, 0.2) is 0 Å². The SMILES string of the molecule is c1ccc(-c2ccc(N(c3ccc4c(c3)Cc3cc(-c5cccc6c7cccc8c9ccccc9n(c56)c87)ccc3-4)c3cccc4oc5ccccc5c34)cc2)cc1. The molecule has 12 aromatic rings. The molecule has 1 aliphatic carbocycles. The summed E-state index contributed by atoms with van der Waals surface area (Å²) in [5.41, 5.74) is 19.2. The van der Waals surface area contributed by atoms with Crippen LogP contribution in [0.3, 0.4) is 0 Å². The molecule has 0 spiro atoms. The van der Waals surface area contributed by atoms with Crippen LogP contribution < -0.4 is 4.90 Å². The van der Waals surface area contributed by atoms with Crippen LogP contribution in [0.1, 0.15) is 11.1 Å². The molecule has 0 atom stereocenters. The third-order valence-electron chi connectivity index (χ3n) is 12.5. The lowest BCUT2D eigenvalue weighted by atomic mass is 9.97. The van der Waals surface area contributed by atoms with E-state index in [0.717, 1.165) is 45.4 Å². The molecule has 3 nitrogen and oxygen atoms in total. The van der Waals surface area contributed by atoms with Crippen molar-refractivity contribution in [3.05, 3.63) is 205 Å². The molecule has 3 aromatic heterocycles. The molecular weight excluding hydrogens is 705 g/mol. The van der Waals surface area contributed by atoms with Crippen molar-refractivity contribution in [1.29, 1.82) is 0 Å². The molecule has 9 aromatic carbocycles. The van der Waals surface area contributed by atoms with E-state index in [9.17, 15) is 0 Å². The highest BCUT2D eigenvalue weighted by Crippen LogP contribution is 2.48. The van der Waals surface area contributed by atoms with Gasteiger partial charge in [0.25, 0.3) is 0 Å². The van der Waals surface area contributed by atoms with Gasteiger partial charge >= 0.3 is 0 Å². The Balaban J connectivity index is 0.944. The Bertz CT molecular complexity index is 3590. The predicted octanol–water partition coefficient (Wildman–Crippen LogP) is 15.1. The minimum Gasteiger partial charge on any atom is -0.456 e. The molecule has 0 unspecified atom stereocenters. The van der Waals surface area contributed by atoms with Crippen LogP contribution >= 0.6 is 0 Å². The molecule has 1 aliphatic rings. The van der Waals surface area contributed by atoms with E-state index in [2.05, 4.69) is 197 Å². The van der Waals surface area contributed by atoms with E-state index in [1.165, 1.54) is 82.6 Å². The number of anilines is 3. The Labute approximate surface area is 334 Å². The molecule has 0 radical (unpaired) electrons. The van der Waals surface area contributed by atoms with Crippen molar-refractivity contribution < 1.29 is 4.42 Å². The number of fused-ring (bicyclic) bond motifs is 12. The molecule has 13 rings (SSSR count). The normalized spacial score (nSPS) is 12.4. The van der Waals surface area contributed by atoms with Crippen LogP contribution in [0.5, 0.6) is 0 Å². The molecule has 270 valence electrons. The minimum absolute atomic E-state index is 0.873. The first-order valence-electron chi connectivity index (χ1n) is 20.1. The fourth-order valence-electron chi connectivity index (χ4n) is 10.0. The summed E-state index contributed by atoms with van der Waals surface area (Å²) in [4.78, 5) is 2.40. The third kappa shape index (κ3) is 4.44. The predicted molar refractivity (Wildman–Crippen MR) is 242 cm³/mol. The molecule has 3 heteroatoms. The van der Waals surface area contributed by atoms with Gasteiger partial charge in [-0.3, -0.25) is 0 Å². The zero-order valence-corrected chi connectivity index (χ0v) is 31.5. The molecule has 0 fully saturated rings. The van der Waals surface area contributed by atoms with Crippen molar-refractivity contribution >= 4 is 77.1 Å². The van der Waals surface area contributed by atoms with E-state index >= 15 is 0 Å². The van der Waals surface area contributed by atoms with Crippen molar-refractivity contribution in [3.63, 3.8) is 0 Å². The fraction of sp³-hybridized carbons (Fsp3) is 0.0182. The second kappa shape index (κ2) is 11.9. The highest BCUT2D eigenvalue weighted by Gasteiger charge is 2.25. The summed E-state index contributed by atoms with van der Waals surface area (Å²) in [6.07, 6.45) is 0.873. The van der Waals surface area contributed by atoms with Crippen LogP contribution in [-0.2, 0) is 6.42 Å². The second-order valence-corrected chi connectivity index (χ2v) is 15.6. The number of furan rings is 1. The average molecular weight is 739 g/mol. The zero-order valence-electron chi connectivity index (χ0n) is 31.5. The molecular formula is C55H34N2O. The maximum atomic E-state index is 6.41. The highest BCUT2D eigenvalue weighted by molar-refractivity contribution is 6.25. The van der Waals surface area contributed by atoms with Crippen molar-refractivity contribution in [2.45, 2.75) is 6.42 Å². The van der Waals surface area contributed by atoms with Gasteiger partial charge in [0.2, 0.25) is 0 Å². The Morgan fingerprint density at radius 3 is 1.86 bits per heavy atom. The van der Waals surface area contributed by atoms with Crippen LogP contribution in [0.2, 0.25) is 0 Å². The number of rotatable bonds is 5. The quantitative estimate of drug-likeness (QED) is 0.175.